The molecule has 3 heterocycles. The van der Waals surface area contributed by atoms with Gasteiger partial charge >= 0.3 is 0 Å². The zero-order valence-corrected chi connectivity index (χ0v) is 19.3. The van der Waals surface area contributed by atoms with Crippen LogP contribution in [0.25, 0.3) is 11.8 Å². The van der Waals surface area contributed by atoms with Crippen molar-refractivity contribution in [3.05, 3.63) is 77.1 Å². The number of aryl methyl sites for hydroxylation is 1. The highest BCUT2D eigenvalue weighted by Gasteiger charge is 2.24. The average Bonchev–Trinajstić information content (AvgIpc) is 3.45. The maximum Gasteiger partial charge on any atom is 0.264 e. The number of piperazine rings is 1. The third kappa shape index (κ3) is 3.99. The summed E-state index contributed by atoms with van der Waals surface area (Å²) < 4.78 is 13.0. The van der Waals surface area contributed by atoms with Crippen LogP contribution in [0.4, 0.5) is 5.69 Å². The molecule has 2 aromatic carbocycles. The number of aromatic nitrogens is 1. The molecule has 5 rings (SSSR count). The van der Waals surface area contributed by atoms with Gasteiger partial charge in [0, 0.05) is 55.0 Å². The summed E-state index contributed by atoms with van der Waals surface area (Å²) in [6.45, 7) is 6.88. The molecule has 172 valence electrons. The second-order valence-corrected chi connectivity index (χ2v) is 8.48. The Balaban J connectivity index is 1.35. The van der Waals surface area contributed by atoms with Crippen molar-refractivity contribution in [2.45, 2.75) is 13.8 Å². The first-order valence-electron chi connectivity index (χ1n) is 11.3. The number of nitriles is 1. The first-order chi connectivity index (χ1) is 16.5. The van der Waals surface area contributed by atoms with Crippen LogP contribution in [0.3, 0.4) is 0 Å². The number of para-hydroxylation sites is 1. The lowest BCUT2D eigenvalue weighted by molar-refractivity contribution is -0.126. The number of carbonyl (C=O) groups is 1. The van der Waals surface area contributed by atoms with Gasteiger partial charge in [-0.2, -0.15) is 5.26 Å². The molecule has 0 atom stereocenters. The first-order valence-corrected chi connectivity index (χ1v) is 11.3. The van der Waals surface area contributed by atoms with E-state index in [-0.39, 0.29) is 18.3 Å². The van der Waals surface area contributed by atoms with E-state index in [1.807, 2.05) is 56.3 Å². The van der Waals surface area contributed by atoms with Crippen molar-refractivity contribution in [1.29, 1.82) is 5.26 Å². The molecule has 0 spiro atoms. The molecule has 2 aliphatic heterocycles. The number of benzene rings is 2. The van der Waals surface area contributed by atoms with E-state index in [2.05, 4.69) is 27.7 Å². The van der Waals surface area contributed by atoms with Gasteiger partial charge in [-0.05, 0) is 55.8 Å². The predicted molar refractivity (Wildman–Crippen MR) is 130 cm³/mol. The number of hydrogen-bond donors (Lipinski definition) is 0. The van der Waals surface area contributed by atoms with Gasteiger partial charge in [-0.3, -0.25) is 4.79 Å². The summed E-state index contributed by atoms with van der Waals surface area (Å²) in [7, 11) is 0. The lowest BCUT2D eigenvalue weighted by Crippen LogP contribution is -2.49. The second kappa shape index (κ2) is 8.99. The van der Waals surface area contributed by atoms with Crippen molar-refractivity contribution < 1.29 is 14.3 Å². The van der Waals surface area contributed by atoms with Gasteiger partial charge in [0.2, 0.25) is 6.79 Å². The van der Waals surface area contributed by atoms with Crippen LogP contribution in [0, 0.1) is 25.2 Å². The summed E-state index contributed by atoms with van der Waals surface area (Å²) in [6.07, 6.45) is 1.71. The van der Waals surface area contributed by atoms with Crippen molar-refractivity contribution in [1.82, 2.24) is 9.47 Å². The topological polar surface area (TPSA) is 70.7 Å². The Labute approximate surface area is 199 Å². The van der Waals surface area contributed by atoms with E-state index in [9.17, 15) is 10.1 Å². The maximum atomic E-state index is 13.2. The molecule has 3 aromatic rings. The summed E-state index contributed by atoms with van der Waals surface area (Å²) in [5.74, 6) is 1.23. The number of fused-ring (bicyclic) bond motifs is 1. The van der Waals surface area contributed by atoms with Crippen molar-refractivity contribution in [2.24, 2.45) is 0 Å². The molecule has 0 aliphatic carbocycles. The van der Waals surface area contributed by atoms with Crippen LogP contribution in [0.1, 0.15) is 17.0 Å². The molecule has 34 heavy (non-hydrogen) atoms. The number of ether oxygens (including phenoxy) is 2. The average molecular weight is 455 g/mol. The van der Waals surface area contributed by atoms with Crippen LogP contribution in [-0.2, 0) is 4.79 Å². The van der Waals surface area contributed by atoms with E-state index in [0.29, 0.717) is 18.8 Å². The van der Waals surface area contributed by atoms with Gasteiger partial charge in [-0.15, -0.1) is 0 Å². The Morgan fingerprint density at radius 1 is 0.941 bits per heavy atom. The standard InChI is InChI=1S/C27H26N4O3/c1-19-14-21(20(2)31(19)24-8-9-25-26(16-24)34-18-33-25)15-22(17-28)27(32)30-12-10-29(11-13-30)23-6-4-3-5-7-23/h3-9,14-16H,10-13,18H2,1-2H3/b22-15-. The summed E-state index contributed by atoms with van der Waals surface area (Å²) in [4.78, 5) is 17.2. The summed E-state index contributed by atoms with van der Waals surface area (Å²) in [5.41, 5.74) is 5.05. The monoisotopic (exact) mass is 454 g/mol. The van der Waals surface area contributed by atoms with Gasteiger partial charge in [0.1, 0.15) is 11.6 Å². The number of carbonyl (C=O) groups excluding carboxylic acids is 1. The smallest absolute Gasteiger partial charge is 0.264 e. The molecule has 7 heteroatoms. The summed E-state index contributed by atoms with van der Waals surface area (Å²) in [6, 6.07) is 20.1. The molecule has 0 N–H and O–H groups in total. The van der Waals surface area contributed by atoms with Gasteiger partial charge in [-0.25, -0.2) is 0 Å². The Kier molecular flexibility index (Phi) is 5.72. The third-order valence-corrected chi connectivity index (χ3v) is 6.42. The fraction of sp³-hybridized carbons (Fsp3) is 0.259. The zero-order chi connectivity index (χ0) is 23.7. The molecule has 1 saturated heterocycles. The lowest BCUT2D eigenvalue weighted by Gasteiger charge is -2.36. The highest BCUT2D eigenvalue weighted by atomic mass is 16.7. The number of rotatable bonds is 4. The molecule has 1 fully saturated rings. The fourth-order valence-electron chi connectivity index (χ4n) is 4.63. The van der Waals surface area contributed by atoms with Gasteiger partial charge < -0.3 is 23.8 Å². The third-order valence-electron chi connectivity index (χ3n) is 6.42. The van der Waals surface area contributed by atoms with Gasteiger partial charge in [-0.1, -0.05) is 18.2 Å². The second-order valence-electron chi connectivity index (χ2n) is 8.48. The van der Waals surface area contributed by atoms with E-state index in [1.165, 1.54) is 0 Å². The minimum atomic E-state index is -0.219. The Bertz CT molecular complexity index is 1300. The van der Waals surface area contributed by atoms with E-state index >= 15 is 0 Å². The van der Waals surface area contributed by atoms with Gasteiger partial charge in [0.05, 0.1) is 0 Å². The maximum absolute atomic E-state index is 13.2. The van der Waals surface area contributed by atoms with Crippen LogP contribution >= 0.6 is 0 Å². The predicted octanol–water partition coefficient (Wildman–Crippen LogP) is 4.08. The van der Waals surface area contributed by atoms with Crippen molar-refractivity contribution in [3.63, 3.8) is 0 Å². The lowest BCUT2D eigenvalue weighted by atomic mass is 10.1. The highest BCUT2D eigenvalue weighted by molar-refractivity contribution is 6.02. The minimum absolute atomic E-state index is 0.152. The number of anilines is 1. The first kappa shape index (κ1) is 21.7. The van der Waals surface area contributed by atoms with Crippen LogP contribution in [0.15, 0.2) is 60.2 Å². The van der Waals surface area contributed by atoms with Crippen LogP contribution < -0.4 is 14.4 Å². The van der Waals surface area contributed by atoms with Crippen LogP contribution in [-0.4, -0.2) is 48.3 Å². The molecule has 0 radical (unpaired) electrons. The molecule has 1 amide bonds. The Morgan fingerprint density at radius 2 is 1.68 bits per heavy atom. The van der Waals surface area contributed by atoms with Crippen LogP contribution in [0.2, 0.25) is 0 Å². The normalized spacial score (nSPS) is 15.4. The van der Waals surface area contributed by atoms with Gasteiger partial charge in [0.25, 0.3) is 5.91 Å². The summed E-state index contributed by atoms with van der Waals surface area (Å²) in [5, 5.41) is 9.79. The van der Waals surface area contributed by atoms with E-state index in [4.69, 9.17) is 9.47 Å². The molecule has 7 nitrogen and oxygen atoms in total. The highest BCUT2D eigenvalue weighted by Crippen LogP contribution is 2.35. The van der Waals surface area contributed by atoms with Crippen molar-refractivity contribution >= 4 is 17.7 Å². The SMILES string of the molecule is Cc1cc(/C=C(/C#N)C(=O)N2CCN(c3ccccc3)CC2)c(C)n1-c1ccc2c(c1)OCO2. The number of hydrogen-bond acceptors (Lipinski definition) is 5. The van der Waals surface area contributed by atoms with Gasteiger partial charge in [0.15, 0.2) is 11.5 Å². The van der Waals surface area contributed by atoms with E-state index in [1.54, 1.807) is 11.0 Å². The van der Waals surface area contributed by atoms with E-state index < -0.39 is 0 Å². The molecule has 2 aliphatic rings. The molecule has 0 unspecified atom stereocenters. The summed E-state index contributed by atoms with van der Waals surface area (Å²) >= 11 is 0. The van der Waals surface area contributed by atoms with Crippen LogP contribution in [0.5, 0.6) is 11.5 Å². The fourth-order valence-corrected chi connectivity index (χ4v) is 4.63. The van der Waals surface area contributed by atoms with Crippen molar-refractivity contribution in [3.8, 4) is 23.3 Å². The molecular weight excluding hydrogens is 428 g/mol. The number of nitrogens with zero attached hydrogens (tertiary/aromatic N) is 4. The largest absolute Gasteiger partial charge is 0.454 e. The number of amides is 1. The quantitative estimate of drug-likeness (QED) is 0.439. The molecule has 0 saturated carbocycles. The zero-order valence-electron chi connectivity index (χ0n) is 19.3. The Morgan fingerprint density at radius 3 is 2.41 bits per heavy atom. The molecule has 0 bridgehead atoms. The van der Waals surface area contributed by atoms with Crippen molar-refractivity contribution in [2.75, 3.05) is 37.9 Å². The van der Waals surface area contributed by atoms with E-state index in [0.717, 1.165) is 47.2 Å². The minimum Gasteiger partial charge on any atom is -0.454 e. The Hall–Kier alpha value is -4.18. The molecule has 1 aromatic heterocycles. The molecular formula is C27H26N4O3.